The number of rotatable bonds is 18. The van der Waals surface area contributed by atoms with E-state index in [4.69, 9.17) is 23.7 Å². The van der Waals surface area contributed by atoms with Crippen LogP contribution in [0.15, 0.2) is 121 Å². The van der Waals surface area contributed by atoms with E-state index in [1.807, 2.05) is 121 Å². The van der Waals surface area contributed by atoms with Crippen LogP contribution >= 0.6 is 0 Å². The van der Waals surface area contributed by atoms with Crippen molar-refractivity contribution in [2.24, 2.45) is 0 Å². The smallest absolute Gasteiger partial charge is 0.293 e. The quantitative estimate of drug-likeness (QED) is 0.142. The van der Waals surface area contributed by atoms with E-state index in [0.717, 1.165) is 22.3 Å². The molecule has 0 saturated carbocycles. The summed E-state index contributed by atoms with van der Waals surface area (Å²) in [6, 6.07) is 39.6. The molecule has 0 bridgehead atoms. The summed E-state index contributed by atoms with van der Waals surface area (Å²) in [6.07, 6.45) is -1.91. The highest BCUT2D eigenvalue weighted by molar-refractivity contribution is 5.37. The first-order valence-electron chi connectivity index (χ1n) is 13.5. The van der Waals surface area contributed by atoms with Crippen molar-refractivity contribution in [1.29, 1.82) is 0 Å². The molecule has 0 saturated heterocycles. The van der Waals surface area contributed by atoms with Gasteiger partial charge in [0.2, 0.25) is 0 Å². The van der Waals surface area contributed by atoms with E-state index in [1.54, 1.807) is 0 Å². The molecule has 0 N–H and O–H groups in total. The van der Waals surface area contributed by atoms with Gasteiger partial charge < -0.3 is 23.7 Å². The van der Waals surface area contributed by atoms with E-state index in [9.17, 15) is 4.79 Å². The van der Waals surface area contributed by atoms with Crippen molar-refractivity contribution in [3.8, 4) is 0 Å². The third-order valence-electron chi connectivity index (χ3n) is 6.34. The van der Waals surface area contributed by atoms with Gasteiger partial charge >= 0.3 is 0 Å². The molecule has 0 aliphatic rings. The lowest BCUT2D eigenvalue weighted by molar-refractivity contribution is -0.180. The summed E-state index contributed by atoms with van der Waals surface area (Å²) >= 11 is 0. The summed E-state index contributed by atoms with van der Waals surface area (Å²) in [7, 11) is 0. The molecule has 0 aliphatic carbocycles. The summed E-state index contributed by atoms with van der Waals surface area (Å²) in [5.74, 6) is 0. The molecular weight excluding hydrogens is 504 g/mol. The molecule has 0 heterocycles. The fourth-order valence-electron chi connectivity index (χ4n) is 4.25. The van der Waals surface area contributed by atoms with E-state index < -0.39 is 18.3 Å². The van der Waals surface area contributed by atoms with Crippen LogP contribution in [0.3, 0.4) is 0 Å². The second kappa shape index (κ2) is 17.0. The maximum atomic E-state index is 11.6. The predicted molar refractivity (Wildman–Crippen MR) is 153 cm³/mol. The van der Waals surface area contributed by atoms with Crippen molar-refractivity contribution in [3.63, 3.8) is 0 Å². The van der Waals surface area contributed by atoms with Crippen LogP contribution in [-0.2, 0) is 54.9 Å². The van der Waals surface area contributed by atoms with Crippen LogP contribution in [0, 0.1) is 0 Å². The van der Waals surface area contributed by atoms with E-state index in [1.165, 1.54) is 0 Å². The zero-order valence-corrected chi connectivity index (χ0v) is 22.5. The summed E-state index contributed by atoms with van der Waals surface area (Å²) in [5.41, 5.74) is 4.09. The van der Waals surface area contributed by atoms with Crippen LogP contribution in [0.25, 0.3) is 0 Å². The zero-order valence-electron chi connectivity index (χ0n) is 22.5. The molecule has 3 atom stereocenters. The average Bonchev–Trinajstić information content (AvgIpc) is 3.01. The first-order chi connectivity index (χ1) is 19.8. The van der Waals surface area contributed by atoms with E-state index in [0.29, 0.717) is 32.9 Å². The molecular formula is C34H36O6. The van der Waals surface area contributed by atoms with E-state index >= 15 is 0 Å². The molecule has 0 fully saturated rings. The topological polar surface area (TPSA) is 63.2 Å². The molecule has 6 heteroatoms. The van der Waals surface area contributed by atoms with Crippen molar-refractivity contribution < 1.29 is 28.5 Å². The van der Waals surface area contributed by atoms with Gasteiger partial charge in [-0.25, -0.2) is 0 Å². The SMILES string of the molecule is O=CO[C@H](COCc1ccccc1)[C@@H](OCc1ccccc1)[C@@H](COCc1ccccc1)OCc1ccccc1. The monoisotopic (exact) mass is 540 g/mol. The lowest BCUT2D eigenvalue weighted by Gasteiger charge is -2.32. The minimum Gasteiger partial charge on any atom is -0.459 e. The highest BCUT2D eigenvalue weighted by Gasteiger charge is 2.34. The molecule has 208 valence electrons. The Morgan fingerprint density at radius 1 is 0.475 bits per heavy atom. The summed E-state index contributed by atoms with van der Waals surface area (Å²) in [6.45, 7) is 2.27. The molecule has 4 rings (SSSR count). The maximum Gasteiger partial charge on any atom is 0.293 e. The minimum atomic E-state index is -0.717. The Morgan fingerprint density at radius 2 is 0.850 bits per heavy atom. The van der Waals surface area contributed by atoms with Crippen molar-refractivity contribution in [3.05, 3.63) is 144 Å². The van der Waals surface area contributed by atoms with Crippen LogP contribution in [-0.4, -0.2) is 38.0 Å². The van der Waals surface area contributed by atoms with Gasteiger partial charge in [-0.05, 0) is 22.3 Å². The highest BCUT2D eigenvalue weighted by atomic mass is 16.6. The van der Waals surface area contributed by atoms with Gasteiger partial charge in [0.05, 0.1) is 39.6 Å². The van der Waals surface area contributed by atoms with E-state index in [2.05, 4.69) is 0 Å². The van der Waals surface area contributed by atoms with Gasteiger partial charge in [-0.2, -0.15) is 0 Å². The molecule has 0 unspecified atom stereocenters. The van der Waals surface area contributed by atoms with Crippen LogP contribution in [0.4, 0.5) is 0 Å². The second-order valence-electron chi connectivity index (χ2n) is 9.37. The summed E-state index contributed by atoms with van der Waals surface area (Å²) < 4.78 is 30.5. The Morgan fingerprint density at radius 3 is 1.27 bits per heavy atom. The summed E-state index contributed by atoms with van der Waals surface area (Å²) in [4.78, 5) is 11.6. The molecule has 0 radical (unpaired) electrons. The van der Waals surface area contributed by atoms with Gasteiger partial charge in [0.1, 0.15) is 12.2 Å². The largest absolute Gasteiger partial charge is 0.459 e. The number of hydrogen-bond donors (Lipinski definition) is 0. The first kappa shape index (κ1) is 29.2. The Kier molecular flexibility index (Phi) is 12.4. The lowest BCUT2D eigenvalue weighted by Crippen LogP contribution is -2.47. The molecule has 0 spiro atoms. The molecule has 40 heavy (non-hydrogen) atoms. The van der Waals surface area contributed by atoms with Crippen LogP contribution in [0.5, 0.6) is 0 Å². The number of carbonyl (C=O) groups is 1. The second-order valence-corrected chi connectivity index (χ2v) is 9.37. The van der Waals surface area contributed by atoms with Crippen molar-refractivity contribution in [2.75, 3.05) is 13.2 Å². The zero-order chi connectivity index (χ0) is 27.7. The standard InChI is InChI=1S/C34H36O6/c35-27-40-33(26-37-22-29-15-7-2-8-16-29)34(39-24-31-19-11-4-12-20-31)32(38-23-30-17-9-3-10-18-30)25-36-21-28-13-5-1-6-14-28/h1-20,27,32-34H,21-26H2/t32-,33-,34+/m1/s1. The molecule has 0 amide bonds. The van der Waals surface area contributed by atoms with Crippen LogP contribution in [0.2, 0.25) is 0 Å². The number of ether oxygens (including phenoxy) is 5. The van der Waals surface area contributed by atoms with Gasteiger partial charge in [-0.15, -0.1) is 0 Å². The fraction of sp³-hybridized carbons (Fsp3) is 0.265. The van der Waals surface area contributed by atoms with Crippen LogP contribution in [0.1, 0.15) is 22.3 Å². The van der Waals surface area contributed by atoms with Crippen molar-refractivity contribution in [2.45, 2.75) is 44.7 Å². The number of carbonyl (C=O) groups excluding carboxylic acids is 1. The van der Waals surface area contributed by atoms with Gasteiger partial charge in [0, 0.05) is 0 Å². The normalized spacial score (nSPS) is 13.3. The minimum absolute atomic E-state index is 0.136. The third-order valence-corrected chi connectivity index (χ3v) is 6.34. The predicted octanol–water partition coefficient (Wildman–Crippen LogP) is 6.13. The van der Waals surface area contributed by atoms with Gasteiger partial charge in [-0.3, -0.25) is 4.79 Å². The first-order valence-corrected chi connectivity index (χ1v) is 13.5. The molecule has 4 aromatic carbocycles. The number of hydrogen-bond acceptors (Lipinski definition) is 6. The Bertz CT molecular complexity index is 1200. The van der Waals surface area contributed by atoms with Crippen molar-refractivity contribution >= 4 is 6.47 Å². The van der Waals surface area contributed by atoms with Crippen molar-refractivity contribution in [1.82, 2.24) is 0 Å². The highest BCUT2D eigenvalue weighted by Crippen LogP contribution is 2.19. The molecule has 0 aliphatic heterocycles. The summed E-state index contributed by atoms with van der Waals surface area (Å²) in [5, 5.41) is 0. The number of benzene rings is 4. The fourth-order valence-corrected chi connectivity index (χ4v) is 4.25. The van der Waals surface area contributed by atoms with Gasteiger partial charge in [-0.1, -0.05) is 121 Å². The van der Waals surface area contributed by atoms with Gasteiger partial charge in [0.15, 0.2) is 6.10 Å². The third kappa shape index (κ3) is 10.1. The van der Waals surface area contributed by atoms with E-state index in [-0.39, 0.29) is 13.2 Å². The Hall–Kier alpha value is -3.81. The molecule has 6 nitrogen and oxygen atoms in total. The van der Waals surface area contributed by atoms with Crippen LogP contribution < -0.4 is 0 Å². The average molecular weight is 541 g/mol. The molecule has 0 aromatic heterocycles. The lowest BCUT2D eigenvalue weighted by atomic mass is 10.1. The maximum absolute atomic E-state index is 11.6. The Labute approximate surface area is 236 Å². The molecule has 4 aromatic rings. The Balaban J connectivity index is 1.51. The van der Waals surface area contributed by atoms with Gasteiger partial charge in [0.25, 0.3) is 6.47 Å².